The molecular weight excluding hydrogens is 456 g/mol. The third-order valence-electron chi connectivity index (χ3n) is 2.96. The molecular formula is C22H32O12. The molecule has 0 aromatic heterocycles. The average Bonchev–Trinajstić information content (AvgIpc) is 2.77. The fourth-order valence-corrected chi connectivity index (χ4v) is 1.31. The van der Waals surface area contributed by atoms with Crippen LogP contribution in [0.15, 0.2) is 48.6 Å². The van der Waals surface area contributed by atoms with Gasteiger partial charge in [0.05, 0.1) is 50.8 Å². The molecule has 0 saturated heterocycles. The Morgan fingerprint density at radius 2 is 0.941 bits per heavy atom. The molecule has 1 rings (SSSR count). The SMILES string of the molecule is C=C(C)C(=O)O.C=C(C)C(=O)O.O=C(O)c1ccccc1C(=O)O.OCCOCCOCCO. The molecule has 0 atom stereocenters. The van der Waals surface area contributed by atoms with E-state index in [1.165, 1.54) is 38.1 Å². The average molecular weight is 488 g/mol. The van der Waals surface area contributed by atoms with Gasteiger partial charge in [0.25, 0.3) is 0 Å². The summed E-state index contributed by atoms with van der Waals surface area (Å²) in [4.78, 5) is 40.1. The standard InChI is InChI=1S/C8H6O4.C6H14O4.2C4H6O2/c9-7(10)5-3-1-2-4-6(5)8(11)12;7-1-3-9-5-6-10-4-2-8;2*1-3(2)4(5)6/h1-4H,(H,9,10)(H,11,12);7-8H,1-6H2;2*1H2,2H3,(H,5,6). The Hall–Kier alpha value is -3.58. The summed E-state index contributed by atoms with van der Waals surface area (Å²) in [6, 6.07) is 5.48. The minimum Gasteiger partial charge on any atom is -0.478 e. The van der Waals surface area contributed by atoms with Crippen LogP contribution in [-0.2, 0) is 19.1 Å². The lowest BCUT2D eigenvalue weighted by Gasteiger charge is -2.01. The maximum Gasteiger partial charge on any atom is 0.336 e. The van der Waals surface area contributed by atoms with Gasteiger partial charge in [0.15, 0.2) is 0 Å². The molecule has 1 aromatic carbocycles. The second kappa shape index (κ2) is 22.6. The van der Waals surface area contributed by atoms with E-state index in [1.54, 1.807) is 0 Å². The molecule has 12 nitrogen and oxygen atoms in total. The van der Waals surface area contributed by atoms with Gasteiger partial charge in [0.1, 0.15) is 0 Å². The highest BCUT2D eigenvalue weighted by Crippen LogP contribution is 2.07. The number of aliphatic hydroxyl groups excluding tert-OH is 2. The van der Waals surface area contributed by atoms with E-state index in [4.69, 9.17) is 40.1 Å². The Morgan fingerprint density at radius 3 is 1.12 bits per heavy atom. The molecule has 34 heavy (non-hydrogen) atoms. The first-order chi connectivity index (χ1) is 15.8. The van der Waals surface area contributed by atoms with E-state index < -0.39 is 23.9 Å². The maximum atomic E-state index is 10.5. The number of carbonyl (C=O) groups is 4. The van der Waals surface area contributed by atoms with Gasteiger partial charge in [-0.25, -0.2) is 19.2 Å². The quantitative estimate of drug-likeness (QED) is 0.193. The monoisotopic (exact) mass is 488 g/mol. The zero-order chi connectivity index (χ0) is 27.1. The van der Waals surface area contributed by atoms with E-state index in [0.29, 0.717) is 26.4 Å². The van der Waals surface area contributed by atoms with Crippen LogP contribution in [0.4, 0.5) is 0 Å². The minimum atomic E-state index is -1.23. The third kappa shape index (κ3) is 23.1. The lowest BCUT2D eigenvalue weighted by Crippen LogP contribution is -2.09. The van der Waals surface area contributed by atoms with Crippen molar-refractivity contribution in [3.05, 3.63) is 59.7 Å². The van der Waals surface area contributed by atoms with Crippen LogP contribution in [0.3, 0.4) is 0 Å². The first kappa shape index (κ1) is 35.0. The van der Waals surface area contributed by atoms with Gasteiger partial charge in [0.2, 0.25) is 0 Å². The Labute approximate surface area is 197 Å². The predicted molar refractivity (Wildman–Crippen MR) is 121 cm³/mol. The van der Waals surface area contributed by atoms with E-state index in [9.17, 15) is 19.2 Å². The number of hydrogen-bond donors (Lipinski definition) is 6. The Kier molecular flexibility index (Phi) is 23.3. The van der Waals surface area contributed by atoms with Crippen molar-refractivity contribution in [2.75, 3.05) is 39.6 Å². The van der Waals surface area contributed by atoms with Crippen molar-refractivity contribution in [2.24, 2.45) is 0 Å². The van der Waals surface area contributed by atoms with Gasteiger partial charge < -0.3 is 40.1 Å². The van der Waals surface area contributed by atoms with Crippen molar-refractivity contribution in [3.8, 4) is 0 Å². The summed E-state index contributed by atoms with van der Waals surface area (Å²) in [5.74, 6) is -4.33. The summed E-state index contributed by atoms with van der Waals surface area (Å²) in [6.45, 7) is 10.9. The molecule has 0 amide bonds. The summed E-state index contributed by atoms with van der Waals surface area (Å²) in [5.41, 5.74) is -0.0278. The minimum absolute atomic E-state index is 0.0417. The third-order valence-corrected chi connectivity index (χ3v) is 2.96. The molecule has 0 aliphatic carbocycles. The van der Waals surface area contributed by atoms with Crippen LogP contribution in [-0.4, -0.2) is 94.2 Å². The molecule has 0 spiro atoms. The highest BCUT2D eigenvalue weighted by atomic mass is 16.5. The van der Waals surface area contributed by atoms with Crippen LogP contribution in [0.2, 0.25) is 0 Å². The van der Waals surface area contributed by atoms with Crippen molar-refractivity contribution < 1.29 is 59.3 Å². The normalized spacial score (nSPS) is 8.94. The second-order valence-electron chi connectivity index (χ2n) is 6.00. The van der Waals surface area contributed by atoms with Gasteiger partial charge >= 0.3 is 23.9 Å². The number of aromatic carboxylic acids is 2. The number of aliphatic hydroxyl groups is 2. The topological polar surface area (TPSA) is 208 Å². The molecule has 0 aliphatic heterocycles. The van der Waals surface area contributed by atoms with E-state index in [2.05, 4.69) is 13.2 Å². The van der Waals surface area contributed by atoms with Gasteiger partial charge in [-0.3, -0.25) is 0 Å². The molecule has 1 aromatic rings. The maximum absolute atomic E-state index is 10.5. The summed E-state index contributed by atoms with van der Waals surface area (Å²) < 4.78 is 9.75. The molecule has 12 heteroatoms. The summed E-state index contributed by atoms with van der Waals surface area (Å²) in [6.07, 6.45) is 0. The smallest absolute Gasteiger partial charge is 0.336 e. The fourth-order valence-electron chi connectivity index (χ4n) is 1.31. The van der Waals surface area contributed by atoms with Crippen LogP contribution in [0, 0.1) is 0 Å². The van der Waals surface area contributed by atoms with Crippen molar-refractivity contribution in [2.45, 2.75) is 13.8 Å². The highest BCUT2D eigenvalue weighted by molar-refractivity contribution is 6.01. The van der Waals surface area contributed by atoms with E-state index >= 15 is 0 Å². The Balaban J connectivity index is -0.000000396. The molecule has 0 saturated carbocycles. The first-order valence-corrected chi connectivity index (χ1v) is 9.53. The van der Waals surface area contributed by atoms with Crippen molar-refractivity contribution in [3.63, 3.8) is 0 Å². The number of aliphatic carboxylic acids is 2. The lowest BCUT2D eigenvalue weighted by atomic mass is 10.1. The zero-order valence-electron chi connectivity index (χ0n) is 19.1. The predicted octanol–water partition coefficient (Wildman–Crippen LogP) is 1.38. The van der Waals surface area contributed by atoms with E-state index in [1.807, 2.05) is 0 Å². The largest absolute Gasteiger partial charge is 0.478 e. The molecule has 6 N–H and O–H groups in total. The number of benzene rings is 1. The first-order valence-electron chi connectivity index (χ1n) is 9.53. The van der Waals surface area contributed by atoms with Gasteiger partial charge in [-0.1, -0.05) is 25.3 Å². The van der Waals surface area contributed by atoms with Gasteiger partial charge in [0, 0.05) is 11.1 Å². The van der Waals surface area contributed by atoms with Crippen LogP contribution in [0.25, 0.3) is 0 Å². The molecule has 0 bridgehead atoms. The highest BCUT2D eigenvalue weighted by Gasteiger charge is 2.13. The molecule has 0 fully saturated rings. The van der Waals surface area contributed by atoms with Crippen LogP contribution >= 0.6 is 0 Å². The second-order valence-corrected chi connectivity index (χ2v) is 6.00. The Bertz CT molecular complexity index is 697. The number of hydrogen-bond acceptors (Lipinski definition) is 8. The van der Waals surface area contributed by atoms with E-state index in [-0.39, 0.29) is 35.5 Å². The lowest BCUT2D eigenvalue weighted by molar-refractivity contribution is -0.133. The van der Waals surface area contributed by atoms with Gasteiger partial charge in [-0.2, -0.15) is 0 Å². The zero-order valence-corrected chi connectivity index (χ0v) is 19.1. The van der Waals surface area contributed by atoms with Crippen molar-refractivity contribution >= 4 is 23.9 Å². The van der Waals surface area contributed by atoms with Crippen LogP contribution in [0.1, 0.15) is 34.6 Å². The van der Waals surface area contributed by atoms with Crippen molar-refractivity contribution in [1.29, 1.82) is 0 Å². The summed E-state index contributed by atoms with van der Waals surface area (Å²) in [5, 5.41) is 49.4. The molecule has 0 heterocycles. The number of rotatable bonds is 11. The van der Waals surface area contributed by atoms with Crippen LogP contribution in [0.5, 0.6) is 0 Å². The molecule has 0 radical (unpaired) electrons. The molecule has 0 unspecified atom stereocenters. The van der Waals surface area contributed by atoms with Gasteiger partial charge in [-0.15, -0.1) is 0 Å². The Morgan fingerprint density at radius 1 is 0.676 bits per heavy atom. The molecule has 192 valence electrons. The van der Waals surface area contributed by atoms with Gasteiger partial charge in [-0.05, 0) is 26.0 Å². The van der Waals surface area contributed by atoms with E-state index in [0.717, 1.165) is 0 Å². The summed E-state index contributed by atoms with van der Waals surface area (Å²) in [7, 11) is 0. The number of carboxylic acids is 4. The fraction of sp³-hybridized carbons (Fsp3) is 0.364. The van der Waals surface area contributed by atoms with Crippen LogP contribution < -0.4 is 0 Å². The number of ether oxygens (including phenoxy) is 2. The summed E-state index contributed by atoms with van der Waals surface area (Å²) >= 11 is 0. The molecule has 0 aliphatic rings. The number of carboxylic acid groups (broad SMARTS) is 4. The van der Waals surface area contributed by atoms with Crippen molar-refractivity contribution in [1.82, 2.24) is 0 Å².